The first-order valence-corrected chi connectivity index (χ1v) is 22.7. The number of allylic oxidation sites excluding steroid dienone is 13. The second-order valence-corrected chi connectivity index (χ2v) is 17.9. The number of aromatic nitrogens is 1. The van der Waals surface area contributed by atoms with E-state index in [0.29, 0.717) is 28.2 Å². The molecule has 2 heterocycles. The van der Waals surface area contributed by atoms with Gasteiger partial charge in [0.2, 0.25) is 0 Å². The summed E-state index contributed by atoms with van der Waals surface area (Å²) in [6.45, 7) is 0. The van der Waals surface area contributed by atoms with Crippen molar-refractivity contribution in [2.75, 3.05) is 4.90 Å². The standard InChI is InChI=1S/C60H40N6/c61-33-37-17-23-40(24-18-37)56-51(36-64)57(41-25-19-38(34-62)20-26-41)60(66-53-16-8-6-14-48(53)50-30-44-10-2-4-12-46(44)32-55(50)66)58(42-27-21-39(35-63)22-28-42)59(56)65-52-15-7-5-13-47(52)49-29-43-9-1-3-11-45(43)31-54(49)65/h1,3-9,11-12,14-28,31-32,43-44,47H,2,10,13,29-30H2. The predicted molar refractivity (Wildman–Crippen MR) is 261 cm³/mol. The van der Waals surface area contributed by atoms with Crippen LogP contribution in [-0.2, 0) is 6.42 Å². The SMILES string of the molecule is N#Cc1ccc(-c2c(C#N)c(-c3ccc(C#N)cc3)c(-n3c4c(c5ccccc53)CC3CCC=CC3=C4)c(-c3ccc(C#N)cc3)c2N2C3=CC=CCC3C3=C2C=C2C=CC=CC2C3)cc1. The molecule has 310 valence electrons. The molecule has 6 aliphatic rings. The molecular weight excluding hydrogens is 805 g/mol. The molecule has 0 spiro atoms. The third-order valence-corrected chi connectivity index (χ3v) is 14.4. The molecule has 0 fully saturated rings. The summed E-state index contributed by atoms with van der Waals surface area (Å²) in [7, 11) is 0. The lowest BCUT2D eigenvalue weighted by molar-refractivity contribution is 0.558. The Morgan fingerprint density at radius 3 is 1.94 bits per heavy atom. The number of anilines is 1. The maximum absolute atomic E-state index is 12.1. The Kier molecular flexibility index (Phi) is 9.17. The lowest BCUT2D eigenvalue weighted by Gasteiger charge is -2.35. The minimum absolute atomic E-state index is 0.122. The summed E-state index contributed by atoms with van der Waals surface area (Å²) in [4.78, 5) is 2.45. The van der Waals surface area contributed by atoms with E-state index in [0.717, 1.165) is 99.5 Å². The summed E-state index contributed by atoms with van der Waals surface area (Å²) < 4.78 is 2.41. The van der Waals surface area contributed by atoms with Crippen LogP contribution in [0.4, 0.5) is 5.69 Å². The molecular formula is C60H40N6. The van der Waals surface area contributed by atoms with Crippen LogP contribution in [0.3, 0.4) is 0 Å². The zero-order valence-corrected chi connectivity index (χ0v) is 36.0. The maximum Gasteiger partial charge on any atom is 0.101 e. The van der Waals surface area contributed by atoms with E-state index in [2.05, 4.69) is 137 Å². The molecule has 0 radical (unpaired) electrons. The van der Waals surface area contributed by atoms with Gasteiger partial charge in [0.25, 0.3) is 0 Å². The Hall–Kier alpha value is -8.68. The number of rotatable bonds is 5. The predicted octanol–water partition coefficient (Wildman–Crippen LogP) is 13.6. The molecule has 3 unspecified atom stereocenters. The van der Waals surface area contributed by atoms with E-state index in [1.165, 1.54) is 27.7 Å². The molecule has 3 atom stereocenters. The molecule has 0 amide bonds. The first-order valence-electron chi connectivity index (χ1n) is 22.7. The second kappa shape index (κ2) is 15.5. The Labute approximate surface area is 384 Å². The number of benzene rings is 5. The number of nitrogens with zero attached hydrogens (tertiary/aromatic N) is 6. The lowest BCUT2D eigenvalue weighted by Crippen LogP contribution is -2.23. The van der Waals surface area contributed by atoms with Gasteiger partial charge in [-0.2, -0.15) is 21.0 Å². The minimum Gasteiger partial charge on any atom is -0.312 e. The van der Waals surface area contributed by atoms with Crippen molar-refractivity contribution < 1.29 is 0 Å². The van der Waals surface area contributed by atoms with Gasteiger partial charge in [-0.1, -0.05) is 103 Å². The molecule has 6 nitrogen and oxygen atoms in total. The first kappa shape index (κ1) is 39.0. The van der Waals surface area contributed by atoms with Crippen molar-refractivity contribution in [3.8, 4) is 63.3 Å². The van der Waals surface area contributed by atoms with E-state index in [-0.39, 0.29) is 11.8 Å². The zero-order valence-electron chi connectivity index (χ0n) is 36.0. The van der Waals surface area contributed by atoms with Gasteiger partial charge in [-0.3, -0.25) is 0 Å². The summed E-state index contributed by atoms with van der Waals surface area (Å²) in [6, 6.07) is 41.5. The summed E-state index contributed by atoms with van der Waals surface area (Å²) in [6.07, 6.45) is 29.6. The van der Waals surface area contributed by atoms with Crippen LogP contribution in [0.1, 0.15) is 59.2 Å². The fourth-order valence-corrected chi connectivity index (χ4v) is 11.4. The average molecular weight is 845 g/mol. The molecule has 66 heavy (non-hydrogen) atoms. The van der Waals surface area contributed by atoms with Crippen LogP contribution in [0.25, 0.3) is 56.0 Å². The largest absolute Gasteiger partial charge is 0.312 e. The van der Waals surface area contributed by atoms with Crippen molar-refractivity contribution in [3.05, 3.63) is 219 Å². The van der Waals surface area contributed by atoms with E-state index in [1.807, 2.05) is 60.7 Å². The molecule has 5 aliphatic carbocycles. The highest BCUT2D eigenvalue weighted by Gasteiger charge is 2.43. The zero-order chi connectivity index (χ0) is 44.5. The van der Waals surface area contributed by atoms with E-state index in [4.69, 9.17) is 0 Å². The summed E-state index contributed by atoms with van der Waals surface area (Å²) >= 11 is 0. The number of nitriles is 4. The first-order chi connectivity index (χ1) is 32.6. The number of hydrogen-bond donors (Lipinski definition) is 0. The van der Waals surface area contributed by atoms with Crippen molar-refractivity contribution in [2.24, 2.45) is 17.8 Å². The van der Waals surface area contributed by atoms with Crippen molar-refractivity contribution >= 4 is 22.7 Å². The Morgan fingerprint density at radius 1 is 0.591 bits per heavy atom. The molecule has 6 heteroatoms. The van der Waals surface area contributed by atoms with Gasteiger partial charge < -0.3 is 9.47 Å². The monoisotopic (exact) mass is 844 g/mol. The lowest BCUT2D eigenvalue weighted by atomic mass is 9.78. The third-order valence-electron chi connectivity index (χ3n) is 14.4. The molecule has 6 aromatic rings. The Bertz CT molecular complexity index is 3530. The molecule has 0 bridgehead atoms. The minimum atomic E-state index is 0.122. The summed E-state index contributed by atoms with van der Waals surface area (Å²) in [5.41, 5.74) is 18.2. The van der Waals surface area contributed by atoms with Crippen molar-refractivity contribution in [1.29, 1.82) is 21.0 Å². The normalized spacial score (nSPS) is 19.5. The van der Waals surface area contributed by atoms with Gasteiger partial charge in [-0.05, 0) is 138 Å². The van der Waals surface area contributed by atoms with Crippen molar-refractivity contribution in [2.45, 2.75) is 32.1 Å². The van der Waals surface area contributed by atoms with Gasteiger partial charge in [0.15, 0.2) is 0 Å². The van der Waals surface area contributed by atoms with E-state index >= 15 is 0 Å². The fourth-order valence-electron chi connectivity index (χ4n) is 11.4. The van der Waals surface area contributed by atoms with Gasteiger partial charge in [0.1, 0.15) is 6.07 Å². The molecule has 0 saturated carbocycles. The van der Waals surface area contributed by atoms with Crippen molar-refractivity contribution in [1.82, 2.24) is 4.57 Å². The topological polar surface area (TPSA) is 103 Å². The van der Waals surface area contributed by atoms with Crippen LogP contribution >= 0.6 is 0 Å². The van der Waals surface area contributed by atoms with Gasteiger partial charge in [0, 0.05) is 45.3 Å². The highest BCUT2D eigenvalue weighted by molar-refractivity contribution is 6.09. The van der Waals surface area contributed by atoms with Crippen LogP contribution in [-0.4, -0.2) is 4.57 Å². The van der Waals surface area contributed by atoms with Gasteiger partial charge in [-0.15, -0.1) is 0 Å². The van der Waals surface area contributed by atoms with Gasteiger partial charge >= 0.3 is 0 Å². The van der Waals surface area contributed by atoms with Crippen LogP contribution < -0.4 is 4.90 Å². The molecule has 0 N–H and O–H groups in total. The molecule has 12 rings (SSSR count). The fraction of sp³-hybridized carbons (Fsp3) is 0.133. The number of hydrogen-bond acceptors (Lipinski definition) is 5. The van der Waals surface area contributed by atoms with Crippen LogP contribution in [0.2, 0.25) is 0 Å². The average Bonchev–Trinajstić information content (AvgIpc) is 3.87. The van der Waals surface area contributed by atoms with Crippen LogP contribution in [0, 0.1) is 63.1 Å². The van der Waals surface area contributed by atoms with E-state index < -0.39 is 0 Å². The van der Waals surface area contributed by atoms with Gasteiger partial charge in [0.05, 0.1) is 63.0 Å². The quantitative estimate of drug-likeness (QED) is 0.172. The van der Waals surface area contributed by atoms with E-state index in [1.54, 1.807) is 0 Å². The van der Waals surface area contributed by atoms with Gasteiger partial charge in [-0.25, -0.2) is 0 Å². The Balaban J connectivity index is 1.32. The Morgan fingerprint density at radius 2 is 1.26 bits per heavy atom. The van der Waals surface area contributed by atoms with Crippen LogP contribution in [0.15, 0.2) is 186 Å². The number of fused-ring (bicyclic) bond motifs is 7. The molecule has 1 aliphatic heterocycles. The molecule has 0 saturated heterocycles. The highest BCUT2D eigenvalue weighted by Crippen LogP contribution is 2.59. The van der Waals surface area contributed by atoms with Crippen LogP contribution in [0.5, 0.6) is 0 Å². The summed E-state index contributed by atoms with van der Waals surface area (Å²) in [5, 5.41) is 43.5. The second-order valence-electron chi connectivity index (χ2n) is 17.9. The maximum atomic E-state index is 12.1. The highest BCUT2D eigenvalue weighted by atomic mass is 15.2. The molecule has 1 aromatic heterocycles. The molecule has 5 aromatic carbocycles. The summed E-state index contributed by atoms with van der Waals surface area (Å²) in [5.74, 6) is 0.799. The van der Waals surface area contributed by atoms with E-state index in [9.17, 15) is 21.0 Å². The smallest absolute Gasteiger partial charge is 0.101 e. The van der Waals surface area contributed by atoms with Crippen molar-refractivity contribution in [3.63, 3.8) is 0 Å². The third kappa shape index (κ3) is 5.97. The number of para-hydroxylation sites is 1.